The van der Waals surface area contributed by atoms with E-state index in [-0.39, 0.29) is 18.1 Å². The molecule has 0 aliphatic carbocycles. The van der Waals surface area contributed by atoms with Crippen LogP contribution < -0.4 is 21.7 Å². The Labute approximate surface area is 204 Å². The van der Waals surface area contributed by atoms with Crippen LogP contribution in [0.1, 0.15) is 25.8 Å². The fraction of sp³-hybridized carbons (Fsp3) is 0.545. The number of hydrogen-bond donors (Lipinski definition) is 6. The van der Waals surface area contributed by atoms with Crippen LogP contribution in [0.4, 0.5) is 0 Å². The van der Waals surface area contributed by atoms with Gasteiger partial charge in [0.1, 0.15) is 18.1 Å². The van der Waals surface area contributed by atoms with Crippen molar-refractivity contribution in [3.8, 4) is 0 Å². The molecule has 9 nitrogen and oxygen atoms in total. The summed E-state index contributed by atoms with van der Waals surface area (Å²) in [4.78, 5) is 49.6. The molecular formula is C22H34N4O5S2. The predicted molar refractivity (Wildman–Crippen MR) is 133 cm³/mol. The second-order valence-corrected chi connectivity index (χ2v) is 9.30. The van der Waals surface area contributed by atoms with Crippen LogP contribution >= 0.6 is 24.4 Å². The molecule has 0 aliphatic heterocycles. The van der Waals surface area contributed by atoms with Gasteiger partial charge in [-0.15, -0.1) is 0 Å². The van der Waals surface area contributed by atoms with Gasteiger partial charge in [-0.3, -0.25) is 14.4 Å². The Hall–Kier alpha value is -2.24. The molecule has 0 aliphatic rings. The summed E-state index contributed by atoms with van der Waals surface area (Å²) in [5, 5.41) is 17.2. The third-order valence-corrected chi connectivity index (χ3v) is 5.99. The molecule has 0 saturated carbocycles. The van der Waals surface area contributed by atoms with Gasteiger partial charge in [-0.25, -0.2) is 4.79 Å². The van der Waals surface area contributed by atoms with Gasteiger partial charge in [0.2, 0.25) is 17.7 Å². The first-order chi connectivity index (χ1) is 15.6. The van der Waals surface area contributed by atoms with Crippen molar-refractivity contribution in [3.63, 3.8) is 0 Å². The summed E-state index contributed by atoms with van der Waals surface area (Å²) in [6.45, 7) is 3.60. The molecule has 0 fully saturated rings. The minimum absolute atomic E-state index is 0.0516. The molecule has 1 rings (SSSR count). The van der Waals surface area contributed by atoms with Crippen molar-refractivity contribution in [3.05, 3.63) is 35.9 Å². The average molecular weight is 499 g/mol. The highest BCUT2D eigenvalue weighted by Crippen LogP contribution is 2.06. The van der Waals surface area contributed by atoms with E-state index in [2.05, 4.69) is 28.6 Å². The van der Waals surface area contributed by atoms with Crippen LogP contribution in [-0.2, 0) is 25.6 Å². The molecule has 0 spiro atoms. The lowest BCUT2D eigenvalue weighted by Gasteiger charge is -2.25. The second-order valence-electron chi connectivity index (χ2n) is 7.95. The van der Waals surface area contributed by atoms with E-state index in [1.54, 1.807) is 38.1 Å². The minimum Gasteiger partial charge on any atom is -0.480 e. The maximum Gasteiger partial charge on any atom is 0.326 e. The van der Waals surface area contributed by atoms with Crippen LogP contribution in [0.5, 0.6) is 0 Å². The number of carbonyl (C=O) groups is 4. The standard InChI is InChI=1S/C22H34N4O5S2/c1-13(2)18(23)21(29)24-15(9-10-33-3)19(27)26-17(12-32)20(28)25-16(22(30)31)11-14-7-5-4-6-8-14/h4-8,13,15-18,32H,9-12,23H2,1-3H3,(H,24,29)(H,25,28)(H,26,27)(H,30,31). The molecule has 33 heavy (non-hydrogen) atoms. The Morgan fingerprint density at radius 2 is 1.52 bits per heavy atom. The fourth-order valence-electron chi connectivity index (χ4n) is 2.86. The van der Waals surface area contributed by atoms with Crippen LogP contribution in [-0.4, -0.2) is 70.7 Å². The van der Waals surface area contributed by atoms with Crippen molar-refractivity contribution in [2.75, 3.05) is 17.8 Å². The van der Waals surface area contributed by atoms with E-state index in [0.717, 1.165) is 5.56 Å². The average Bonchev–Trinajstić information content (AvgIpc) is 2.79. The molecule has 3 amide bonds. The van der Waals surface area contributed by atoms with Crippen molar-refractivity contribution in [1.82, 2.24) is 16.0 Å². The first-order valence-corrected chi connectivity index (χ1v) is 12.7. The summed E-state index contributed by atoms with van der Waals surface area (Å²) in [7, 11) is 0. The number of carboxylic acid groups (broad SMARTS) is 1. The summed E-state index contributed by atoms with van der Waals surface area (Å²) in [6, 6.07) is 4.99. The van der Waals surface area contributed by atoms with E-state index >= 15 is 0 Å². The monoisotopic (exact) mass is 498 g/mol. The molecule has 0 saturated heterocycles. The number of carboxylic acids is 1. The molecule has 0 aromatic heterocycles. The number of thioether (sulfide) groups is 1. The molecule has 4 atom stereocenters. The number of rotatable bonds is 14. The molecule has 184 valence electrons. The van der Waals surface area contributed by atoms with Gasteiger partial charge in [0, 0.05) is 12.2 Å². The fourth-order valence-corrected chi connectivity index (χ4v) is 3.59. The molecule has 6 N–H and O–H groups in total. The smallest absolute Gasteiger partial charge is 0.326 e. The Bertz CT molecular complexity index is 794. The maximum absolute atomic E-state index is 12.9. The number of amides is 3. The molecule has 1 aromatic rings. The number of nitrogens with two attached hydrogens (primary N) is 1. The normalized spacial score (nSPS) is 14.6. The van der Waals surface area contributed by atoms with Crippen LogP contribution in [0, 0.1) is 5.92 Å². The summed E-state index contributed by atoms with van der Waals surface area (Å²) in [5.74, 6) is -2.43. The number of thiol groups is 1. The third kappa shape index (κ3) is 10.1. The van der Waals surface area contributed by atoms with Crippen molar-refractivity contribution in [2.45, 2.75) is 50.9 Å². The molecule has 4 unspecified atom stereocenters. The highest BCUT2D eigenvalue weighted by Gasteiger charge is 2.30. The predicted octanol–water partition coefficient (Wildman–Crippen LogP) is 0.434. The van der Waals surface area contributed by atoms with E-state index in [4.69, 9.17) is 5.73 Å². The van der Waals surface area contributed by atoms with Crippen LogP contribution in [0.25, 0.3) is 0 Å². The number of aliphatic carboxylic acids is 1. The Balaban J connectivity index is 2.85. The Kier molecular flexibility index (Phi) is 12.9. The number of carbonyl (C=O) groups excluding carboxylic acids is 3. The van der Waals surface area contributed by atoms with Gasteiger partial charge in [0.05, 0.1) is 6.04 Å². The van der Waals surface area contributed by atoms with Gasteiger partial charge in [0.25, 0.3) is 0 Å². The molecule has 0 heterocycles. The second kappa shape index (κ2) is 14.8. The summed E-state index contributed by atoms with van der Waals surface area (Å²) < 4.78 is 0. The first kappa shape index (κ1) is 28.8. The van der Waals surface area contributed by atoms with Gasteiger partial charge >= 0.3 is 5.97 Å². The molecule has 11 heteroatoms. The quantitative estimate of drug-likeness (QED) is 0.204. The van der Waals surface area contributed by atoms with Crippen LogP contribution in [0.3, 0.4) is 0 Å². The van der Waals surface area contributed by atoms with Crippen molar-refractivity contribution in [2.24, 2.45) is 11.7 Å². The lowest BCUT2D eigenvalue weighted by molar-refractivity contribution is -0.142. The third-order valence-electron chi connectivity index (χ3n) is 4.98. The zero-order valence-electron chi connectivity index (χ0n) is 19.1. The van der Waals surface area contributed by atoms with Crippen LogP contribution in [0.15, 0.2) is 30.3 Å². The van der Waals surface area contributed by atoms with Gasteiger partial charge in [-0.05, 0) is 29.9 Å². The van der Waals surface area contributed by atoms with E-state index in [9.17, 15) is 24.3 Å². The minimum atomic E-state index is -1.19. The zero-order valence-corrected chi connectivity index (χ0v) is 20.8. The van der Waals surface area contributed by atoms with Gasteiger partial charge in [0.15, 0.2) is 0 Å². The van der Waals surface area contributed by atoms with E-state index < -0.39 is 47.9 Å². The summed E-state index contributed by atoms with van der Waals surface area (Å²) >= 11 is 5.65. The molecule has 0 radical (unpaired) electrons. The number of hydrogen-bond acceptors (Lipinski definition) is 7. The number of nitrogens with one attached hydrogen (secondary N) is 3. The van der Waals surface area contributed by atoms with E-state index in [1.807, 2.05) is 12.3 Å². The highest BCUT2D eigenvalue weighted by atomic mass is 32.2. The zero-order chi connectivity index (χ0) is 25.0. The molecule has 1 aromatic carbocycles. The topological polar surface area (TPSA) is 151 Å². The van der Waals surface area contributed by atoms with Gasteiger partial charge in [-0.1, -0.05) is 44.2 Å². The lowest BCUT2D eigenvalue weighted by atomic mass is 10.0. The van der Waals surface area contributed by atoms with Gasteiger partial charge < -0.3 is 26.8 Å². The van der Waals surface area contributed by atoms with Crippen molar-refractivity contribution >= 4 is 48.1 Å². The van der Waals surface area contributed by atoms with Crippen LogP contribution in [0.2, 0.25) is 0 Å². The van der Waals surface area contributed by atoms with Crippen molar-refractivity contribution in [1.29, 1.82) is 0 Å². The maximum atomic E-state index is 12.9. The van der Waals surface area contributed by atoms with E-state index in [1.165, 1.54) is 11.8 Å². The summed E-state index contributed by atoms with van der Waals surface area (Å²) in [6.07, 6.45) is 2.31. The highest BCUT2D eigenvalue weighted by molar-refractivity contribution is 7.98. The number of benzene rings is 1. The summed E-state index contributed by atoms with van der Waals surface area (Å²) in [5.41, 5.74) is 6.63. The lowest BCUT2D eigenvalue weighted by Crippen LogP contribution is -2.58. The Morgan fingerprint density at radius 1 is 0.970 bits per heavy atom. The van der Waals surface area contributed by atoms with Crippen molar-refractivity contribution < 1.29 is 24.3 Å². The van der Waals surface area contributed by atoms with Gasteiger partial charge in [-0.2, -0.15) is 24.4 Å². The van der Waals surface area contributed by atoms with E-state index in [0.29, 0.717) is 12.2 Å². The molecule has 0 bridgehead atoms. The SMILES string of the molecule is CSCCC(NC(=O)C(N)C(C)C)C(=O)NC(CS)C(=O)NC(Cc1ccccc1)C(=O)O. The first-order valence-electron chi connectivity index (χ1n) is 10.6. The Morgan fingerprint density at radius 3 is 2.03 bits per heavy atom. The largest absolute Gasteiger partial charge is 0.480 e. The molecular weight excluding hydrogens is 464 g/mol.